The van der Waals surface area contributed by atoms with Crippen LogP contribution in [0.3, 0.4) is 0 Å². The summed E-state index contributed by atoms with van der Waals surface area (Å²) in [5.41, 5.74) is 8.49. The van der Waals surface area contributed by atoms with Crippen LogP contribution in [0.1, 0.15) is 25.3 Å². The number of hydrogen-bond acceptors (Lipinski definition) is 2. The van der Waals surface area contributed by atoms with E-state index in [0.29, 0.717) is 17.3 Å². The van der Waals surface area contributed by atoms with Gasteiger partial charge in [0, 0.05) is 11.4 Å². The maximum Gasteiger partial charge on any atom is 0.148 e. The molecule has 2 rings (SSSR count). The van der Waals surface area contributed by atoms with Gasteiger partial charge in [-0.15, -0.1) is 0 Å². The van der Waals surface area contributed by atoms with Gasteiger partial charge in [-0.3, -0.25) is 0 Å². The Bertz CT molecular complexity index is 550. The normalized spacial score (nSPS) is 10.7. The van der Waals surface area contributed by atoms with E-state index in [1.165, 1.54) is 6.07 Å². The van der Waals surface area contributed by atoms with Gasteiger partial charge in [0.25, 0.3) is 0 Å². The van der Waals surface area contributed by atoms with E-state index in [1.54, 1.807) is 12.1 Å². The molecule has 0 amide bonds. The van der Waals surface area contributed by atoms with Gasteiger partial charge in [0.1, 0.15) is 5.82 Å². The first kappa shape index (κ1) is 12.4. The molecule has 2 nitrogen and oxygen atoms in total. The third-order valence-corrected chi connectivity index (χ3v) is 2.85. The zero-order valence-corrected chi connectivity index (χ0v) is 10.6. The third-order valence-electron chi connectivity index (χ3n) is 2.85. The van der Waals surface area contributed by atoms with Crippen LogP contribution in [0, 0.1) is 5.82 Å². The van der Waals surface area contributed by atoms with Crippen LogP contribution < -0.4 is 11.1 Å². The highest BCUT2D eigenvalue weighted by molar-refractivity contribution is 5.65. The maximum atomic E-state index is 13.7. The molecule has 2 aromatic carbocycles. The molecule has 0 fully saturated rings. The molecule has 0 aliphatic rings. The minimum Gasteiger partial charge on any atom is -0.399 e. The monoisotopic (exact) mass is 244 g/mol. The second-order valence-corrected chi connectivity index (χ2v) is 4.61. The van der Waals surface area contributed by atoms with Gasteiger partial charge in [-0.2, -0.15) is 0 Å². The second kappa shape index (κ2) is 5.08. The Morgan fingerprint density at radius 3 is 2.44 bits per heavy atom. The molecule has 0 aliphatic heterocycles. The van der Waals surface area contributed by atoms with E-state index in [1.807, 2.05) is 24.3 Å². The highest BCUT2D eigenvalue weighted by atomic mass is 19.1. The number of nitrogens with one attached hydrogen (secondary N) is 1. The molecule has 0 unspecified atom stereocenters. The molecule has 0 heterocycles. The van der Waals surface area contributed by atoms with E-state index in [4.69, 9.17) is 5.73 Å². The van der Waals surface area contributed by atoms with E-state index in [-0.39, 0.29) is 5.82 Å². The van der Waals surface area contributed by atoms with Crippen LogP contribution in [0.2, 0.25) is 0 Å². The van der Waals surface area contributed by atoms with Crippen LogP contribution in [0.25, 0.3) is 0 Å². The first-order valence-electron chi connectivity index (χ1n) is 5.99. The highest BCUT2D eigenvalue weighted by Gasteiger charge is 2.08. The molecule has 3 heteroatoms. The molecular formula is C15H17FN2. The number of halogens is 1. The summed E-state index contributed by atoms with van der Waals surface area (Å²) in [5.74, 6) is 0.0408. The molecule has 0 radical (unpaired) electrons. The predicted molar refractivity (Wildman–Crippen MR) is 74.6 cm³/mol. The molecule has 0 spiro atoms. The topological polar surface area (TPSA) is 38.0 Å². The van der Waals surface area contributed by atoms with Crippen molar-refractivity contribution in [3.8, 4) is 0 Å². The Balaban J connectivity index is 2.34. The number of nitrogens with two attached hydrogens (primary N) is 1. The summed E-state index contributed by atoms with van der Waals surface area (Å²) in [4.78, 5) is 0. The lowest BCUT2D eigenvalue weighted by Crippen LogP contribution is -2.00. The highest BCUT2D eigenvalue weighted by Crippen LogP contribution is 2.28. The van der Waals surface area contributed by atoms with Crippen molar-refractivity contribution in [2.45, 2.75) is 19.8 Å². The quantitative estimate of drug-likeness (QED) is 0.791. The van der Waals surface area contributed by atoms with Crippen LogP contribution >= 0.6 is 0 Å². The van der Waals surface area contributed by atoms with Gasteiger partial charge < -0.3 is 11.1 Å². The minimum absolute atomic E-state index is 0.339. The summed E-state index contributed by atoms with van der Waals surface area (Å²) in [6.45, 7) is 4.22. The molecule has 18 heavy (non-hydrogen) atoms. The van der Waals surface area contributed by atoms with Crippen molar-refractivity contribution < 1.29 is 4.39 Å². The zero-order valence-electron chi connectivity index (χ0n) is 10.6. The Labute approximate surface area is 107 Å². The van der Waals surface area contributed by atoms with Crippen LogP contribution in [0.5, 0.6) is 0 Å². The van der Waals surface area contributed by atoms with Crippen molar-refractivity contribution in [1.82, 2.24) is 0 Å². The number of anilines is 3. The van der Waals surface area contributed by atoms with Crippen molar-refractivity contribution in [2.24, 2.45) is 0 Å². The molecule has 0 saturated heterocycles. The minimum atomic E-state index is -0.339. The van der Waals surface area contributed by atoms with Crippen molar-refractivity contribution in [3.05, 3.63) is 53.8 Å². The Kier molecular flexibility index (Phi) is 3.51. The third kappa shape index (κ3) is 2.62. The summed E-state index contributed by atoms with van der Waals surface area (Å²) in [7, 11) is 0. The predicted octanol–water partition coefficient (Wildman–Crippen LogP) is 4.27. The van der Waals surface area contributed by atoms with Gasteiger partial charge in [0.2, 0.25) is 0 Å². The Morgan fingerprint density at radius 2 is 1.78 bits per heavy atom. The van der Waals surface area contributed by atoms with Gasteiger partial charge in [-0.05, 0) is 35.7 Å². The van der Waals surface area contributed by atoms with E-state index >= 15 is 0 Å². The molecule has 0 aliphatic carbocycles. The van der Waals surface area contributed by atoms with Crippen LogP contribution in [0.15, 0.2) is 42.5 Å². The van der Waals surface area contributed by atoms with Crippen molar-refractivity contribution in [1.29, 1.82) is 0 Å². The van der Waals surface area contributed by atoms with E-state index in [0.717, 1.165) is 11.3 Å². The molecule has 94 valence electrons. The first-order valence-corrected chi connectivity index (χ1v) is 5.99. The number of nitrogen functional groups attached to an aromatic ring is 1. The summed E-state index contributed by atoms with van der Waals surface area (Å²) < 4.78 is 13.7. The zero-order chi connectivity index (χ0) is 13.1. The first-order chi connectivity index (χ1) is 8.58. The fraction of sp³-hybridized carbons (Fsp3) is 0.200. The Morgan fingerprint density at radius 1 is 1.06 bits per heavy atom. The van der Waals surface area contributed by atoms with Gasteiger partial charge in [0.05, 0.1) is 5.69 Å². The molecule has 0 bridgehead atoms. The molecule has 0 saturated carbocycles. The van der Waals surface area contributed by atoms with Crippen molar-refractivity contribution in [3.63, 3.8) is 0 Å². The molecule has 3 N–H and O–H groups in total. The maximum absolute atomic E-state index is 13.7. The van der Waals surface area contributed by atoms with Gasteiger partial charge in [-0.1, -0.05) is 32.0 Å². The molecule has 0 atom stereocenters. The summed E-state index contributed by atoms with van der Waals surface area (Å²) >= 11 is 0. The fourth-order valence-electron chi connectivity index (χ4n) is 1.89. The number of hydrogen-bond donors (Lipinski definition) is 2. The van der Waals surface area contributed by atoms with Crippen LogP contribution in [-0.2, 0) is 0 Å². The molecular weight excluding hydrogens is 227 g/mol. The van der Waals surface area contributed by atoms with Crippen molar-refractivity contribution >= 4 is 17.1 Å². The Hall–Kier alpha value is -2.03. The fourth-order valence-corrected chi connectivity index (χ4v) is 1.89. The number of rotatable bonds is 3. The van der Waals surface area contributed by atoms with Gasteiger partial charge in [0.15, 0.2) is 0 Å². The lowest BCUT2D eigenvalue weighted by molar-refractivity contribution is 0.632. The lowest BCUT2D eigenvalue weighted by Gasteiger charge is -2.15. The largest absolute Gasteiger partial charge is 0.399 e. The van der Waals surface area contributed by atoms with Crippen LogP contribution in [0.4, 0.5) is 21.5 Å². The number of benzene rings is 2. The molecule has 2 aromatic rings. The SMILES string of the molecule is CC(C)c1ccccc1Nc1ccc(N)cc1F. The summed E-state index contributed by atoms with van der Waals surface area (Å²) in [6, 6.07) is 12.6. The average molecular weight is 244 g/mol. The smallest absolute Gasteiger partial charge is 0.148 e. The summed E-state index contributed by atoms with van der Waals surface area (Å²) in [6.07, 6.45) is 0. The van der Waals surface area contributed by atoms with E-state index < -0.39 is 0 Å². The van der Waals surface area contributed by atoms with Crippen LogP contribution in [-0.4, -0.2) is 0 Å². The second-order valence-electron chi connectivity index (χ2n) is 4.61. The van der Waals surface area contributed by atoms with Gasteiger partial charge in [-0.25, -0.2) is 4.39 Å². The van der Waals surface area contributed by atoms with E-state index in [9.17, 15) is 4.39 Å². The molecule has 0 aromatic heterocycles. The number of para-hydroxylation sites is 1. The summed E-state index contributed by atoms with van der Waals surface area (Å²) in [5, 5.41) is 3.12. The average Bonchev–Trinajstić information content (AvgIpc) is 2.33. The van der Waals surface area contributed by atoms with Crippen molar-refractivity contribution in [2.75, 3.05) is 11.1 Å². The van der Waals surface area contributed by atoms with Gasteiger partial charge >= 0.3 is 0 Å². The van der Waals surface area contributed by atoms with E-state index in [2.05, 4.69) is 19.2 Å². The standard InChI is InChI=1S/C15H17FN2/c1-10(2)12-5-3-4-6-14(12)18-15-8-7-11(17)9-13(15)16/h3-10,18H,17H2,1-2H3. The lowest BCUT2D eigenvalue weighted by atomic mass is 10.0.